The van der Waals surface area contributed by atoms with Crippen LogP contribution in [-0.2, 0) is 11.3 Å². The summed E-state index contributed by atoms with van der Waals surface area (Å²) in [6.07, 6.45) is -3.25. The predicted molar refractivity (Wildman–Crippen MR) is 131 cm³/mol. The Labute approximate surface area is 206 Å². The molecule has 1 fully saturated rings. The number of fused-ring (bicyclic) bond motifs is 1. The number of aromatic amines is 1. The number of aromatic nitrogens is 2. The van der Waals surface area contributed by atoms with Gasteiger partial charge < -0.3 is 15.2 Å². The number of H-pyrrole nitrogens is 1. The zero-order valence-corrected chi connectivity index (χ0v) is 19.4. The van der Waals surface area contributed by atoms with Gasteiger partial charge in [-0.3, -0.25) is 4.90 Å². The Kier molecular flexibility index (Phi) is 7.71. The summed E-state index contributed by atoms with van der Waals surface area (Å²) in [5.74, 6) is -1.86. The summed E-state index contributed by atoms with van der Waals surface area (Å²) in [6, 6.07) is 25.4. The maximum absolute atomic E-state index is 10.6. The van der Waals surface area contributed by atoms with Crippen LogP contribution in [0.25, 0.3) is 33.5 Å². The number of aliphatic hydroxyl groups excluding tert-OH is 1. The van der Waals surface area contributed by atoms with E-state index in [-0.39, 0.29) is 6.10 Å². The van der Waals surface area contributed by atoms with Gasteiger partial charge in [0.05, 0.1) is 17.1 Å². The van der Waals surface area contributed by atoms with Crippen molar-refractivity contribution in [2.24, 2.45) is 0 Å². The Morgan fingerprint density at radius 3 is 2.14 bits per heavy atom. The fourth-order valence-electron chi connectivity index (χ4n) is 4.15. The lowest BCUT2D eigenvalue weighted by Gasteiger charge is -2.30. The van der Waals surface area contributed by atoms with Crippen LogP contribution in [0.1, 0.15) is 18.4 Å². The maximum Gasteiger partial charge on any atom is 0.490 e. The van der Waals surface area contributed by atoms with Crippen molar-refractivity contribution in [2.45, 2.75) is 31.7 Å². The van der Waals surface area contributed by atoms with E-state index in [0.29, 0.717) is 0 Å². The molecule has 0 spiro atoms. The highest BCUT2D eigenvalue weighted by atomic mass is 19.4. The van der Waals surface area contributed by atoms with Crippen molar-refractivity contribution in [1.29, 1.82) is 0 Å². The Bertz CT molecular complexity index is 1270. The van der Waals surface area contributed by atoms with Gasteiger partial charge in [-0.15, -0.1) is 0 Å². The number of carboxylic acids is 1. The number of benzene rings is 3. The number of carboxylic acid groups (broad SMARTS) is 1. The van der Waals surface area contributed by atoms with Crippen LogP contribution in [0.2, 0.25) is 0 Å². The number of likely N-dealkylation sites (tertiary alicyclic amines) is 1. The van der Waals surface area contributed by atoms with Crippen LogP contribution >= 0.6 is 0 Å². The Morgan fingerprint density at radius 2 is 1.56 bits per heavy atom. The van der Waals surface area contributed by atoms with Gasteiger partial charge in [0.25, 0.3) is 0 Å². The summed E-state index contributed by atoms with van der Waals surface area (Å²) in [5.41, 5.74) is 6.84. The molecule has 0 amide bonds. The number of piperidine rings is 1. The van der Waals surface area contributed by atoms with E-state index in [4.69, 9.17) is 9.90 Å². The first-order valence-corrected chi connectivity index (χ1v) is 11.5. The van der Waals surface area contributed by atoms with Gasteiger partial charge >= 0.3 is 12.1 Å². The highest BCUT2D eigenvalue weighted by Crippen LogP contribution is 2.26. The Morgan fingerprint density at radius 1 is 0.972 bits per heavy atom. The second kappa shape index (κ2) is 10.9. The third-order valence-corrected chi connectivity index (χ3v) is 5.96. The molecule has 4 aromatic rings. The first-order valence-electron chi connectivity index (χ1n) is 11.5. The molecule has 0 radical (unpaired) electrons. The van der Waals surface area contributed by atoms with Crippen molar-refractivity contribution in [3.63, 3.8) is 0 Å². The largest absolute Gasteiger partial charge is 0.490 e. The number of carbonyl (C=O) groups is 1. The number of hydrogen-bond acceptors (Lipinski definition) is 4. The number of hydrogen-bond donors (Lipinski definition) is 3. The van der Waals surface area contributed by atoms with Crippen LogP contribution in [0.3, 0.4) is 0 Å². The molecule has 0 bridgehead atoms. The lowest BCUT2D eigenvalue weighted by molar-refractivity contribution is -0.192. The van der Waals surface area contributed by atoms with Crippen LogP contribution in [-0.4, -0.2) is 56.4 Å². The van der Waals surface area contributed by atoms with E-state index in [1.165, 1.54) is 16.7 Å². The molecule has 188 valence electrons. The molecule has 1 atom stereocenters. The van der Waals surface area contributed by atoms with Crippen LogP contribution in [0.5, 0.6) is 0 Å². The predicted octanol–water partition coefficient (Wildman–Crippen LogP) is 5.49. The molecule has 1 unspecified atom stereocenters. The lowest BCUT2D eigenvalue weighted by Crippen LogP contribution is -2.37. The number of nitrogens with one attached hydrogen (secondary N) is 1. The summed E-state index contributed by atoms with van der Waals surface area (Å²) in [4.78, 5) is 19.3. The van der Waals surface area contributed by atoms with Crippen LogP contribution in [0, 0.1) is 0 Å². The zero-order valence-electron chi connectivity index (χ0n) is 19.4. The quantitative estimate of drug-likeness (QED) is 0.347. The monoisotopic (exact) mass is 497 g/mol. The number of nitrogens with zero attached hydrogens (tertiary/aromatic N) is 2. The van der Waals surface area contributed by atoms with Crippen molar-refractivity contribution in [3.8, 4) is 22.5 Å². The van der Waals surface area contributed by atoms with Gasteiger partial charge in [-0.1, -0.05) is 60.7 Å². The number of β-amino-alcohol motifs (C(OH)–C–C–N with tert-alkyl or cyclic N) is 1. The third-order valence-electron chi connectivity index (χ3n) is 5.96. The maximum atomic E-state index is 10.6. The number of rotatable bonds is 4. The van der Waals surface area contributed by atoms with Crippen LogP contribution in [0.4, 0.5) is 13.2 Å². The van der Waals surface area contributed by atoms with E-state index in [9.17, 15) is 18.3 Å². The van der Waals surface area contributed by atoms with Gasteiger partial charge in [-0.25, -0.2) is 9.78 Å². The van der Waals surface area contributed by atoms with E-state index >= 15 is 0 Å². The molecule has 9 heteroatoms. The van der Waals surface area contributed by atoms with Crippen molar-refractivity contribution < 1.29 is 28.2 Å². The van der Waals surface area contributed by atoms with E-state index in [1.54, 1.807) is 0 Å². The minimum absolute atomic E-state index is 0.173. The second-order valence-electron chi connectivity index (χ2n) is 8.71. The SMILES string of the molecule is O=C(O)C(F)(F)F.OC1CCCN(Cc2ccc(-c3ccc(-c4nc5ccccc5[nH]4)cc3)cc2)C1. The number of para-hydroxylation sites is 2. The molecule has 1 aliphatic rings. The second-order valence-corrected chi connectivity index (χ2v) is 8.71. The molecule has 5 rings (SSSR count). The molecule has 0 aliphatic carbocycles. The first-order chi connectivity index (χ1) is 17.2. The van der Waals surface area contributed by atoms with E-state index in [1.807, 2.05) is 24.3 Å². The highest BCUT2D eigenvalue weighted by Gasteiger charge is 2.38. The average molecular weight is 498 g/mol. The number of halogens is 3. The van der Waals surface area contributed by atoms with Gasteiger partial charge in [-0.05, 0) is 48.2 Å². The van der Waals surface area contributed by atoms with E-state index in [2.05, 4.69) is 63.4 Å². The van der Waals surface area contributed by atoms with E-state index < -0.39 is 12.1 Å². The summed E-state index contributed by atoms with van der Waals surface area (Å²) < 4.78 is 31.7. The minimum atomic E-state index is -5.08. The molecule has 3 aromatic carbocycles. The molecule has 1 saturated heterocycles. The normalized spacial score (nSPS) is 16.4. The van der Waals surface area contributed by atoms with Crippen LogP contribution < -0.4 is 0 Å². The fraction of sp³-hybridized carbons (Fsp3) is 0.259. The molecule has 1 aliphatic heterocycles. The smallest absolute Gasteiger partial charge is 0.475 e. The van der Waals surface area contributed by atoms with Crippen LogP contribution in [0.15, 0.2) is 72.8 Å². The Balaban J connectivity index is 0.000000384. The first kappa shape index (κ1) is 25.4. The highest BCUT2D eigenvalue weighted by molar-refractivity contribution is 5.79. The van der Waals surface area contributed by atoms with Crippen molar-refractivity contribution in [3.05, 3.63) is 78.4 Å². The summed E-state index contributed by atoms with van der Waals surface area (Å²) in [7, 11) is 0. The molecular formula is C27H26F3N3O3. The standard InChI is InChI=1S/C25H25N3O.C2HF3O2/c29-22-4-3-15-28(17-22)16-18-7-9-19(10-8-18)20-11-13-21(14-12-20)25-26-23-5-1-2-6-24(23)27-25;3-2(4,5)1(6)7/h1-2,5-14,22,29H,3-4,15-17H2,(H,26,27);(H,6,7). The topological polar surface area (TPSA) is 89.4 Å². The number of imidazole rings is 1. The zero-order chi connectivity index (χ0) is 25.7. The number of alkyl halides is 3. The fourth-order valence-corrected chi connectivity index (χ4v) is 4.15. The number of aliphatic hydroxyl groups is 1. The summed E-state index contributed by atoms with van der Waals surface area (Å²) >= 11 is 0. The van der Waals surface area contributed by atoms with Gasteiger partial charge in [0.15, 0.2) is 0 Å². The van der Waals surface area contributed by atoms with E-state index in [0.717, 1.165) is 54.9 Å². The molecule has 36 heavy (non-hydrogen) atoms. The minimum Gasteiger partial charge on any atom is -0.475 e. The van der Waals surface area contributed by atoms with Crippen molar-refractivity contribution in [1.82, 2.24) is 14.9 Å². The summed E-state index contributed by atoms with van der Waals surface area (Å²) in [6.45, 7) is 2.76. The van der Waals surface area contributed by atoms with Crippen molar-refractivity contribution in [2.75, 3.05) is 13.1 Å². The molecule has 1 aromatic heterocycles. The molecule has 0 saturated carbocycles. The van der Waals surface area contributed by atoms with Gasteiger partial charge in [0.2, 0.25) is 0 Å². The van der Waals surface area contributed by atoms with Gasteiger partial charge in [0.1, 0.15) is 5.82 Å². The third kappa shape index (κ3) is 6.50. The molecule has 6 nitrogen and oxygen atoms in total. The molecule has 3 N–H and O–H groups in total. The van der Waals surface area contributed by atoms with Crippen molar-refractivity contribution >= 4 is 17.0 Å². The Hall–Kier alpha value is -3.69. The number of aliphatic carboxylic acids is 1. The average Bonchev–Trinajstić information content (AvgIpc) is 3.29. The molecule has 2 heterocycles. The lowest BCUT2D eigenvalue weighted by atomic mass is 10.0. The van der Waals surface area contributed by atoms with Gasteiger partial charge in [-0.2, -0.15) is 13.2 Å². The summed E-state index contributed by atoms with van der Waals surface area (Å²) in [5, 5.41) is 17.0. The van der Waals surface area contributed by atoms with Gasteiger partial charge in [0, 0.05) is 18.7 Å². The molecular weight excluding hydrogens is 471 g/mol.